The van der Waals surface area contributed by atoms with Crippen molar-refractivity contribution >= 4 is 50.3 Å². The Morgan fingerprint density at radius 2 is 0.687 bits per heavy atom. The third-order valence-corrected chi connectivity index (χ3v) is 18.3. The van der Waals surface area contributed by atoms with Gasteiger partial charge in [-0.3, -0.25) is 14.4 Å². The molecule has 13 aromatic rings. The first-order chi connectivity index (χ1) is 52.4. The van der Waals surface area contributed by atoms with Crippen LogP contribution in [0.2, 0.25) is 0 Å². The van der Waals surface area contributed by atoms with E-state index in [9.17, 15) is 14.4 Å². The van der Waals surface area contributed by atoms with Crippen LogP contribution in [0.15, 0.2) is 231 Å². The van der Waals surface area contributed by atoms with Crippen molar-refractivity contribution < 1.29 is 103 Å². The van der Waals surface area contributed by atoms with Crippen LogP contribution in [0.3, 0.4) is 0 Å². The van der Waals surface area contributed by atoms with E-state index >= 15 is 0 Å². The maximum Gasteiger partial charge on any atom is 0.155 e. The number of furan rings is 3. The van der Waals surface area contributed by atoms with Crippen LogP contribution in [0.25, 0.3) is 112 Å². The van der Waals surface area contributed by atoms with E-state index in [-0.39, 0.29) is 117 Å². The molecule has 12 nitrogen and oxygen atoms in total. The van der Waals surface area contributed by atoms with E-state index in [0.29, 0.717) is 0 Å². The number of aliphatic hydroxyl groups excluding tert-OH is 3. The van der Waals surface area contributed by atoms with Crippen LogP contribution in [0, 0.1) is 59.7 Å². The molecule has 3 radical (unpaired) electrons. The minimum atomic E-state index is -0.125. The van der Waals surface area contributed by atoms with Crippen molar-refractivity contribution in [1.29, 1.82) is 0 Å². The number of rotatable bonds is 10. The summed E-state index contributed by atoms with van der Waals surface area (Å²) < 4.78 is 18.7. The normalized spacial score (nSPS) is 11.6. The summed E-state index contributed by atoms with van der Waals surface area (Å²) in [5, 5.41) is 28.2. The predicted molar refractivity (Wildman–Crippen MR) is 461 cm³/mol. The van der Waals surface area contributed by atoms with Gasteiger partial charge < -0.3 is 43.5 Å². The minimum absolute atomic E-state index is 0. The summed E-state index contributed by atoms with van der Waals surface area (Å²) in [5.41, 5.74) is 26.6. The fourth-order valence-electron chi connectivity index (χ4n) is 12.5. The van der Waals surface area contributed by atoms with Gasteiger partial charge in [0.25, 0.3) is 0 Å². The molecule has 0 fully saturated rings. The summed E-state index contributed by atoms with van der Waals surface area (Å²) in [5.74, 6) is 2.44. The maximum absolute atomic E-state index is 10.0. The van der Waals surface area contributed by atoms with Gasteiger partial charge in [0.2, 0.25) is 0 Å². The molecule has 6 aromatic heterocycles. The fourth-order valence-corrected chi connectivity index (χ4v) is 12.5. The van der Waals surface area contributed by atoms with Crippen molar-refractivity contribution in [3.8, 4) is 78.9 Å². The number of pyridine rings is 3. The molecule has 0 aliphatic heterocycles. The van der Waals surface area contributed by atoms with E-state index in [2.05, 4.69) is 270 Å². The average Bonchev–Trinajstić information content (AvgIpc) is 1.67. The van der Waals surface area contributed by atoms with Gasteiger partial charge in [-0.2, -0.15) is 0 Å². The fraction of sp³-hybridized carbons (Fsp3) is 0.280. The van der Waals surface area contributed by atoms with Gasteiger partial charge in [-0.05, 0) is 159 Å². The second-order valence-corrected chi connectivity index (χ2v) is 32.9. The molecule has 7 aromatic carbocycles. The van der Waals surface area contributed by atoms with Gasteiger partial charge in [0.05, 0.1) is 17.3 Å². The predicted octanol–water partition coefficient (Wildman–Crippen LogP) is 26.7. The van der Waals surface area contributed by atoms with Crippen LogP contribution in [0.5, 0.6) is 0 Å². The first-order valence-electron chi connectivity index (χ1n) is 37.7. The van der Waals surface area contributed by atoms with Crippen molar-refractivity contribution in [2.24, 2.45) is 0 Å². The van der Waals surface area contributed by atoms with Gasteiger partial charge in [-0.15, -0.1) is 105 Å². The number of fused-ring (bicyclic) bond motifs is 3. The zero-order chi connectivity index (χ0) is 82.5. The van der Waals surface area contributed by atoms with Crippen LogP contribution < -0.4 is 0 Å². The number of carbonyl (C=O) groups is 3. The summed E-state index contributed by atoms with van der Waals surface area (Å²) in [6.45, 7) is 47.9. The molecular weight excluding hydrogens is 1960 g/mol. The summed E-state index contributed by atoms with van der Waals surface area (Å²) >= 11 is 0. The smallest absolute Gasteiger partial charge is 0.155 e. The second kappa shape index (κ2) is 41.2. The largest absolute Gasteiger partial charge is 0.512 e. The molecule has 0 bridgehead atoms. The molecule has 0 unspecified atom stereocenters. The Kier molecular flexibility index (Phi) is 34.3. The van der Waals surface area contributed by atoms with Gasteiger partial charge in [-0.1, -0.05) is 201 Å². The van der Waals surface area contributed by atoms with Crippen molar-refractivity contribution in [1.82, 2.24) is 15.0 Å². The van der Waals surface area contributed by atoms with E-state index in [4.69, 9.17) is 43.5 Å². The summed E-state index contributed by atoms with van der Waals surface area (Å²) in [6, 6.07) is 67.7. The molecule has 0 saturated heterocycles. The van der Waals surface area contributed by atoms with Gasteiger partial charge in [0.1, 0.15) is 34.0 Å². The standard InChI is InChI=1S/C32H30NO.C28H30NO.C25H24NO.3C5H8O2.3Ir/c1-20-14-25(16-27(15-20)32(4,5)6)28-18-30-26(19-33-28)17-29(34-30)23-10-12-24(13-11-23)31-21(2)8-7-9-22(31)3;1-18-12-20(14-23(13-18)28(5,6)7)24-16-26-21(17-29-24)15-25(30-26)19-8-10-22(11-9-19)27(2,3)4;1-16-11-19(13-20(12-16)25(3,4)5)22-14-23-21(15-26-22)17(2)24(27-23)18-9-7-6-8-10-18;3*1-4(6)3-5(2)7;;;/h7-13,15-19H,1-6H3;8-11,13-17H,1-7H3;6-10,12-15H,1-5H3;3*3,6H,1-2H3;;;/q3*-1;;;;;;. The molecule has 0 spiro atoms. The van der Waals surface area contributed by atoms with Crippen LogP contribution in [0.1, 0.15) is 180 Å². The molecule has 6 heterocycles. The molecule has 0 saturated carbocycles. The van der Waals surface area contributed by atoms with Crippen LogP contribution >= 0.6 is 0 Å². The average molecular weight is 2070 g/mol. The van der Waals surface area contributed by atoms with Crippen LogP contribution in [-0.2, 0) is 96.4 Å². The molecule has 607 valence electrons. The third-order valence-electron chi connectivity index (χ3n) is 18.3. The number of carbonyl (C=O) groups excluding carboxylic acids is 3. The van der Waals surface area contributed by atoms with E-state index in [0.717, 1.165) is 123 Å². The zero-order valence-corrected chi connectivity index (χ0v) is 77.9. The van der Waals surface area contributed by atoms with Crippen molar-refractivity contribution in [2.75, 3.05) is 0 Å². The van der Waals surface area contributed by atoms with Gasteiger partial charge >= 0.3 is 0 Å². The SMILES string of the molecule is CC(=O)C=C(C)O.CC(=O)C=C(C)O.CC(=O)C=C(C)O.Cc1[c-]c(-c2cc3oc(-c4ccc(-c5c(C)cccc5C)cc4)cc3cn2)cc(C(C)(C)C)c1.Cc1[c-]c(-c2cc3oc(-c4ccc(C(C)(C)C)cc4)cc3cn2)cc(C(C)(C)C)c1.Cc1[c-]c(-c2cc3oc(-c4ccccc4)c(C)c3cn2)cc(C(C)(C)C)c1.[Ir].[Ir].[Ir]. The monoisotopic (exact) mass is 2070 g/mol. The molecule has 3 N–H and O–H groups in total. The molecule has 115 heavy (non-hydrogen) atoms. The Morgan fingerprint density at radius 1 is 0.357 bits per heavy atom. The summed E-state index contributed by atoms with van der Waals surface area (Å²) in [7, 11) is 0. The topological polar surface area (TPSA) is 190 Å². The summed E-state index contributed by atoms with van der Waals surface area (Å²) in [4.78, 5) is 44.2. The Bertz CT molecular complexity index is 5510. The first-order valence-corrected chi connectivity index (χ1v) is 37.7. The number of benzene rings is 7. The van der Waals surface area contributed by atoms with E-state index < -0.39 is 0 Å². The number of ketones is 3. The molecule has 13 rings (SSSR count). The zero-order valence-electron chi connectivity index (χ0n) is 70.7. The number of allylic oxidation sites excluding steroid dienone is 6. The summed E-state index contributed by atoms with van der Waals surface area (Å²) in [6.07, 6.45) is 9.21. The molecule has 0 aliphatic carbocycles. The van der Waals surface area contributed by atoms with Crippen LogP contribution in [0.4, 0.5) is 0 Å². The van der Waals surface area contributed by atoms with Gasteiger partial charge in [0.15, 0.2) is 17.3 Å². The maximum atomic E-state index is 10.0. The van der Waals surface area contributed by atoms with Gasteiger partial charge in [0, 0.05) is 136 Å². The number of hydrogen-bond donors (Lipinski definition) is 3. The number of hydrogen-bond acceptors (Lipinski definition) is 12. The Hall–Kier alpha value is -9.81. The Morgan fingerprint density at radius 3 is 1.02 bits per heavy atom. The Labute approximate surface area is 721 Å². The third kappa shape index (κ3) is 27.4. The van der Waals surface area contributed by atoms with Crippen LogP contribution in [-0.4, -0.2) is 47.6 Å². The van der Waals surface area contributed by atoms with Crippen molar-refractivity contribution in [3.63, 3.8) is 0 Å². The molecule has 15 heteroatoms. The molecule has 0 atom stereocenters. The van der Waals surface area contributed by atoms with Crippen molar-refractivity contribution in [2.45, 2.75) is 188 Å². The van der Waals surface area contributed by atoms with E-state index in [1.54, 1.807) is 0 Å². The Balaban J connectivity index is 0.000000271. The number of aliphatic hydroxyl groups is 3. The molecule has 0 amide bonds. The second-order valence-electron chi connectivity index (χ2n) is 32.9. The minimum Gasteiger partial charge on any atom is -0.512 e. The van der Waals surface area contributed by atoms with E-state index in [1.165, 1.54) is 104 Å². The number of aryl methyl sites for hydroxylation is 6. The van der Waals surface area contributed by atoms with Gasteiger partial charge in [-0.25, -0.2) is 0 Å². The molecular formula is C100H108Ir3N3O9-3. The van der Waals surface area contributed by atoms with Crippen molar-refractivity contribution in [3.05, 3.63) is 292 Å². The number of nitrogens with zero attached hydrogens (tertiary/aromatic N) is 3. The quantitative estimate of drug-likeness (QED) is 0.0668. The molecule has 0 aliphatic rings. The number of aromatic nitrogens is 3. The first kappa shape index (κ1) is 95.8. The van der Waals surface area contributed by atoms with E-state index in [1.807, 2.05) is 55.0 Å².